The van der Waals surface area contributed by atoms with Gasteiger partial charge in [0.25, 0.3) is 0 Å². The van der Waals surface area contributed by atoms with E-state index in [4.69, 9.17) is 23.2 Å². The second-order valence-corrected chi connectivity index (χ2v) is 4.73. The molecule has 21 heavy (non-hydrogen) atoms. The molecule has 0 spiro atoms. The maximum atomic E-state index is 12.7. The molecule has 0 atom stereocenters. The molecule has 1 heterocycles. The number of hydrogen-bond donors (Lipinski definition) is 1. The number of nitrogens with zero attached hydrogens (tertiary/aromatic N) is 3. The van der Waals surface area contributed by atoms with Crippen LogP contribution in [-0.4, -0.2) is 16.8 Å². The standard InChI is InChI=1S/C11H7Cl2F3N4O/c1-17-10-8(19-21)4-18-20(10)9-6(12)2-5(3-7(9)13)11(14,15)16/h2-4,17H,1H3. The third kappa shape index (κ3) is 2.81. The van der Waals surface area contributed by atoms with Crippen molar-refractivity contribution in [2.45, 2.75) is 6.18 Å². The summed E-state index contributed by atoms with van der Waals surface area (Å²) in [5.41, 5.74) is -0.983. The number of nitrogens with one attached hydrogen (secondary N) is 1. The number of halogens is 5. The lowest BCUT2D eigenvalue weighted by Gasteiger charge is -2.14. The van der Waals surface area contributed by atoms with Crippen molar-refractivity contribution in [2.24, 2.45) is 5.18 Å². The third-order valence-electron chi connectivity index (χ3n) is 2.64. The van der Waals surface area contributed by atoms with Crippen LogP contribution in [0.15, 0.2) is 23.5 Å². The number of aromatic nitrogens is 2. The van der Waals surface area contributed by atoms with Gasteiger partial charge in [-0.15, -0.1) is 4.91 Å². The zero-order chi connectivity index (χ0) is 15.8. The molecule has 2 aromatic rings. The lowest BCUT2D eigenvalue weighted by atomic mass is 10.2. The molecule has 0 aliphatic rings. The minimum Gasteiger partial charge on any atom is -0.371 e. The zero-order valence-corrected chi connectivity index (χ0v) is 11.9. The Labute approximate surface area is 126 Å². The number of alkyl halides is 3. The van der Waals surface area contributed by atoms with Crippen molar-refractivity contribution in [1.29, 1.82) is 0 Å². The Hall–Kier alpha value is -1.80. The predicted octanol–water partition coefficient (Wildman–Crippen LogP) is 4.64. The molecule has 0 unspecified atom stereocenters. The molecule has 0 saturated carbocycles. The average Bonchev–Trinajstić information content (AvgIpc) is 2.79. The lowest BCUT2D eigenvalue weighted by molar-refractivity contribution is -0.137. The summed E-state index contributed by atoms with van der Waals surface area (Å²) in [6, 6.07) is 1.47. The summed E-state index contributed by atoms with van der Waals surface area (Å²) in [5, 5.41) is 8.74. The molecule has 1 N–H and O–H groups in total. The molecule has 0 aliphatic carbocycles. The smallest absolute Gasteiger partial charge is 0.371 e. The van der Waals surface area contributed by atoms with E-state index in [1.165, 1.54) is 7.05 Å². The lowest BCUT2D eigenvalue weighted by Crippen LogP contribution is -2.08. The van der Waals surface area contributed by atoms with Crippen molar-refractivity contribution >= 4 is 34.7 Å². The van der Waals surface area contributed by atoms with Gasteiger partial charge in [-0.05, 0) is 17.3 Å². The van der Waals surface area contributed by atoms with Crippen LogP contribution < -0.4 is 5.32 Å². The minimum absolute atomic E-state index is 0.0191. The molecule has 1 aromatic carbocycles. The van der Waals surface area contributed by atoms with Crippen LogP contribution in [0.4, 0.5) is 24.7 Å². The van der Waals surface area contributed by atoms with E-state index in [2.05, 4.69) is 15.6 Å². The van der Waals surface area contributed by atoms with Crippen LogP contribution in [-0.2, 0) is 6.18 Å². The Balaban J connectivity index is 2.66. The summed E-state index contributed by atoms with van der Waals surface area (Å²) in [4.78, 5) is 10.6. The first-order valence-electron chi connectivity index (χ1n) is 5.45. The Bertz CT molecular complexity index is 676. The SMILES string of the molecule is CNc1c(N=O)cnn1-c1c(Cl)cc(C(F)(F)F)cc1Cl. The van der Waals surface area contributed by atoms with Gasteiger partial charge in [0.15, 0.2) is 11.5 Å². The summed E-state index contributed by atoms with van der Waals surface area (Å²) in [7, 11) is 1.49. The van der Waals surface area contributed by atoms with Gasteiger partial charge in [0.2, 0.25) is 0 Å². The van der Waals surface area contributed by atoms with Gasteiger partial charge >= 0.3 is 6.18 Å². The summed E-state index contributed by atoms with van der Waals surface area (Å²) in [6.07, 6.45) is -3.43. The molecule has 0 fully saturated rings. The largest absolute Gasteiger partial charge is 0.416 e. The van der Waals surface area contributed by atoms with Gasteiger partial charge in [0, 0.05) is 7.05 Å². The van der Waals surface area contributed by atoms with Gasteiger partial charge < -0.3 is 5.32 Å². The summed E-state index contributed by atoms with van der Waals surface area (Å²) < 4.78 is 39.1. The van der Waals surface area contributed by atoms with Crippen molar-refractivity contribution < 1.29 is 13.2 Å². The van der Waals surface area contributed by atoms with Gasteiger partial charge in [-0.2, -0.15) is 18.3 Å². The second-order valence-electron chi connectivity index (χ2n) is 3.92. The minimum atomic E-state index is -4.57. The molecule has 0 bridgehead atoms. The number of anilines is 1. The zero-order valence-electron chi connectivity index (χ0n) is 10.4. The van der Waals surface area contributed by atoms with Crippen molar-refractivity contribution in [3.63, 3.8) is 0 Å². The summed E-state index contributed by atoms with van der Waals surface area (Å²) >= 11 is 11.7. The topological polar surface area (TPSA) is 59.3 Å². The van der Waals surface area contributed by atoms with Gasteiger partial charge in [-0.25, -0.2) is 4.68 Å². The first-order valence-corrected chi connectivity index (χ1v) is 6.21. The van der Waals surface area contributed by atoms with Crippen LogP contribution in [0.5, 0.6) is 0 Å². The Morgan fingerprint density at radius 3 is 2.29 bits per heavy atom. The van der Waals surface area contributed by atoms with Crippen LogP contribution >= 0.6 is 23.2 Å². The van der Waals surface area contributed by atoms with Gasteiger partial charge in [-0.1, -0.05) is 23.2 Å². The first-order chi connectivity index (χ1) is 9.79. The van der Waals surface area contributed by atoms with Crippen molar-refractivity contribution in [3.8, 4) is 5.69 Å². The summed E-state index contributed by atoms with van der Waals surface area (Å²) in [5.74, 6) is 0.161. The van der Waals surface area contributed by atoms with E-state index in [0.717, 1.165) is 23.0 Å². The number of rotatable bonds is 3. The van der Waals surface area contributed by atoms with Gasteiger partial charge in [-0.3, -0.25) is 0 Å². The van der Waals surface area contributed by atoms with Crippen molar-refractivity contribution in [1.82, 2.24) is 9.78 Å². The van der Waals surface area contributed by atoms with Crippen LogP contribution in [0.3, 0.4) is 0 Å². The van der Waals surface area contributed by atoms with E-state index in [1.54, 1.807) is 0 Å². The number of benzene rings is 1. The predicted molar refractivity (Wildman–Crippen MR) is 73.6 cm³/mol. The molecule has 0 amide bonds. The maximum Gasteiger partial charge on any atom is 0.416 e. The van der Waals surface area contributed by atoms with Crippen LogP contribution in [0.2, 0.25) is 10.0 Å². The fourth-order valence-corrected chi connectivity index (χ4v) is 2.39. The molecule has 10 heteroatoms. The molecule has 0 saturated heterocycles. The Morgan fingerprint density at radius 2 is 1.86 bits per heavy atom. The van der Waals surface area contributed by atoms with Crippen LogP contribution in [0, 0.1) is 4.91 Å². The Morgan fingerprint density at radius 1 is 1.29 bits per heavy atom. The molecule has 1 aromatic heterocycles. The quantitative estimate of drug-likeness (QED) is 0.829. The van der Waals surface area contributed by atoms with E-state index < -0.39 is 11.7 Å². The van der Waals surface area contributed by atoms with E-state index >= 15 is 0 Å². The summed E-state index contributed by atoms with van der Waals surface area (Å²) in [6.45, 7) is 0. The Kier molecular flexibility index (Phi) is 4.11. The molecule has 112 valence electrons. The highest BCUT2D eigenvalue weighted by molar-refractivity contribution is 6.38. The first kappa shape index (κ1) is 15.6. The van der Waals surface area contributed by atoms with Crippen molar-refractivity contribution in [3.05, 3.63) is 38.8 Å². The fourth-order valence-electron chi connectivity index (χ4n) is 1.74. The molecule has 0 radical (unpaired) electrons. The highest BCUT2D eigenvalue weighted by Crippen LogP contribution is 2.39. The highest BCUT2D eigenvalue weighted by atomic mass is 35.5. The molecular weight excluding hydrogens is 332 g/mol. The number of hydrogen-bond acceptors (Lipinski definition) is 4. The molecule has 2 rings (SSSR count). The van der Waals surface area contributed by atoms with E-state index in [9.17, 15) is 18.1 Å². The third-order valence-corrected chi connectivity index (χ3v) is 3.22. The van der Waals surface area contributed by atoms with Crippen molar-refractivity contribution in [2.75, 3.05) is 12.4 Å². The average molecular weight is 339 g/mol. The normalized spacial score (nSPS) is 11.5. The van der Waals surface area contributed by atoms with Gasteiger partial charge in [0.1, 0.15) is 5.69 Å². The maximum absolute atomic E-state index is 12.7. The fraction of sp³-hybridized carbons (Fsp3) is 0.182. The van der Waals surface area contributed by atoms with E-state index in [1.807, 2.05) is 0 Å². The van der Waals surface area contributed by atoms with Crippen LogP contribution in [0.1, 0.15) is 5.56 Å². The monoisotopic (exact) mass is 338 g/mol. The molecular formula is C11H7Cl2F3N4O. The molecule has 5 nitrogen and oxygen atoms in total. The molecule has 0 aliphatic heterocycles. The second kappa shape index (κ2) is 5.53. The van der Waals surface area contributed by atoms with E-state index in [0.29, 0.717) is 0 Å². The van der Waals surface area contributed by atoms with Gasteiger partial charge in [0.05, 0.1) is 21.8 Å². The van der Waals surface area contributed by atoms with Crippen LogP contribution in [0.25, 0.3) is 5.69 Å². The number of nitroso groups, excluding NO2 is 1. The van der Waals surface area contributed by atoms with E-state index in [-0.39, 0.29) is 27.2 Å². The highest BCUT2D eigenvalue weighted by Gasteiger charge is 2.32.